The Morgan fingerprint density at radius 2 is 2.29 bits per heavy atom. The zero-order valence-corrected chi connectivity index (χ0v) is 8.97. The minimum atomic E-state index is 0.507. The standard InChI is InChI=1S/C9H7ClN2OS/c1-13-7-2-6(3-11-4-7)9-12-8(10)5-14-9/h2-5H,1H3. The fraction of sp³-hybridized carbons (Fsp3) is 0.111. The van der Waals surface area contributed by atoms with Crippen molar-refractivity contribution in [1.29, 1.82) is 0 Å². The minimum Gasteiger partial charge on any atom is -0.495 e. The molecule has 0 saturated heterocycles. The van der Waals surface area contributed by atoms with Crippen molar-refractivity contribution in [3.8, 4) is 16.3 Å². The van der Waals surface area contributed by atoms with Crippen molar-refractivity contribution >= 4 is 22.9 Å². The Bertz CT molecular complexity index is 444. The van der Waals surface area contributed by atoms with Gasteiger partial charge in [-0.05, 0) is 6.07 Å². The number of methoxy groups -OCH3 is 1. The molecule has 2 rings (SSSR count). The lowest BCUT2D eigenvalue weighted by atomic mass is 10.3. The Morgan fingerprint density at radius 1 is 1.43 bits per heavy atom. The Morgan fingerprint density at radius 3 is 2.93 bits per heavy atom. The van der Waals surface area contributed by atoms with E-state index in [1.807, 2.05) is 6.07 Å². The third kappa shape index (κ3) is 1.86. The Hall–Kier alpha value is -1.13. The highest BCUT2D eigenvalue weighted by Crippen LogP contribution is 2.27. The molecule has 72 valence electrons. The molecule has 0 amide bonds. The topological polar surface area (TPSA) is 35.0 Å². The van der Waals surface area contributed by atoms with Crippen molar-refractivity contribution in [3.63, 3.8) is 0 Å². The molecule has 3 nitrogen and oxygen atoms in total. The van der Waals surface area contributed by atoms with Crippen LogP contribution in [-0.4, -0.2) is 17.1 Å². The second-order valence-corrected chi connectivity index (χ2v) is 3.83. The predicted octanol–water partition coefficient (Wildman–Crippen LogP) is 2.87. The van der Waals surface area contributed by atoms with E-state index in [1.54, 1.807) is 24.9 Å². The maximum atomic E-state index is 5.73. The summed E-state index contributed by atoms with van der Waals surface area (Å²) in [6.07, 6.45) is 3.39. The minimum absolute atomic E-state index is 0.507. The predicted molar refractivity (Wildman–Crippen MR) is 56.9 cm³/mol. The van der Waals surface area contributed by atoms with Gasteiger partial charge in [0.25, 0.3) is 0 Å². The first-order valence-corrected chi connectivity index (χ1v) is 5.16. The monoisotopic (exact) mass is 226 g/mol. The molecule has 0 aromatic carbocycles. The zero-order valence-electron chi connectivity index (χ0n) is 7.40. The summed E-state index contributed by atoms with van der Waals surface area (Å²) in [4.78, 5) is 8.18. The molecule has 0 N–H and O–H groups in total. The summed E-state index contributed by atoms with van der Waals surface area (Å²) in [6, 6.07) is 1.88. The quantitative estimate of drug-likeness (QED) is 0.790. The van der Waals surface area contributed by atoms with Crippen molar-refractivity contribution in [2.75, 3.05) is 7.11 Å². The zero-order chi connectivity index (χ0) is 9.97. The van der Waals surface area contributed by atoms with Gasteiger partial charge in [-0.25, -0.2) is 4.98 Å². The summed E-state index contributed by atoms with van der Waals surface area (Å²) < 4.78 is 5.06. The fourth-order valence-electron chi connectivity index (χ4n) is 1.03. The number of pyridine rings is 1. The van der Waals surface area contributed by atoms with E-state index in [0.29, 0.717) is 10.9 Å². The van der Waals surface area contributed by atoms with Crippen LogP contribution >= 0.6 is 22.9 Å². The molecule has 0 unspecified atom stereocenters. The van der Waals surface area contributed by atoms with E-state index in [1.165, 1.54) is 11.3 Å². The molecule has 0 aliphatic heterocycles. The van der Waals surface area contributed by atoms with Gasteiger partial charge < -0.3 is 4.74 Å². The van der Waals surface area contributed by atoms with Crippen LogP contribution in [0.3, 0.4) is 0 Å². The summed E-state index contributed by atoms with van der Waals surface area (Å²) in [5.74, 6) is 0.717. The Labute approximate surface area is 90.3 Å². The first-order valence-electron chi connectivity index (χ1n) is 3.90. The number of halogens is 1. The summed E-state index contributed by atoms with van der Waals surface area (Å²) in [7, 11) is 1.61. The lowest BCUT2D eigenvalue weighted by Crippen LogP contribution is -1.85. The second kappa shape index (κ2) is 3.94. The molecule has 14 heavy (non-hydrogen) atoms. The number of hydrogen-bond acceptors (Lipinski definition) is 4. The molecule has 0 spiro atoms. The van der Waals surface area contributed by atoms with Gasteiger partial charge in [-0.15, -0.1) is 11.3 Å². The van der Waals surface area contributed by atoms with Crippen molar-refractivity contribution in [2.45, 2.75) is 0 Å². The van der Waals surface area contributed by atoms with Crippen LogP contribution in [0.1, 0.15) is 0 Å². The van der Waals surface area contributed by atoms with E-state index in [-0.39, 0.29) is 0 Å². The molecule has 0 aliphatic rings. The summed E-state index contributed by atoms with van der Waals surface area (Å²) in [5.41, 5.74) is 0.918. The summed E-state index contributed by atoms with van der Waals surface area (Å²) in [6.45, 7) is 0. The maximum absolute atomic E-state index is 5.73. The van der Waals surface area contributed by atoms with E-state index in [9.17, 15) is 0 Å². The van der Waals surface area contributed by atoms with E-state index in [2.05, 4.69) is 9.97 Å². The van der Waals surface area contributed by atoms with Crippen LogP contribution in [0.5, 0.6) is 5.75 Å². The number of rotatable bonds is 2. The van der Waals surface area contributed by atoms with E-state index < -0.39 is 0 Å². The van der Waals surface area contributed by atoms with Crippen LogP contribution in [0.25, 0.3) is 10.6 Å². The van der Waals surface area contributed by atoms with E-state index in [4.69, 9.17) is 16.3 Å². The number of aromatic nitrogens is 2. The van der Waals surface area contributed by atoms with Gasteiger partial charge in [0.2, 0.25) is 0 Å². The molecular weight excluding hydrogens is 220 g/mol. The highest BCUT2D eigenvalue weighted by atomic mass is 35.5. The lowest BCUT2D eigenvalue weighted by Gasteiger charge is -1.99. The van der Waals surface area contributed by atoms with Crippen LogP contribution < -0.4 is 4.74 Å². The molecule has 2 aromatic rings. The second-order valence-electron chi connectivity index (χ2n) is 2.59. The van der Waals surface area contributed by atoms with E-state index >= 15 is 0 Å². The Balaban J connectivity index is 2.41. The fourth-order valence-corrected chi connectivity index (χ4v) is 1.96. The largest absolute Gasteiger partial charge is 0.495 e. The van der Waals surface area contributed by atoms with Crippen molar-refractivity contribution in [1.82, 2.24) is 9.97 Å². The van der Waals surface area contributed by atoms with Crippen molar-refractivity contribution in [3.05, 3.63) is 29.0 Å². The van der Waals surface area contributed by atoms with Crippen LogP contribution in [-0.2, 0) is 0 Å². The van der Waals surface area contributed by atoms with Gasteiger partial charge in [-0.3, -0.25) is 4.98 Å². The third-order valence-electron chi connectivity index (χ3n) is 1.67. The number of nitrogens with zero attached hydrogens (tertiary/aromatic N) is 2. The van der Waals surface area contributed by atoms with Crippen molar-refractivity contribution in [2.24, 2.45) is 0 Å². The molecule has 0 aliphatic carbocycles. The van der Waals surface area contributed by atoms with Crippen LogP contribution in [0.15, 0.2) is 23.8 Å². The highest BCUT2D eigenvalue weighted by Gasteiger charge is 2.04. The smallest absolute Gasteiger partial charge is 0.140 e. The first-order chi connectivity index (χ1) is 6.79. The third-order valence-corrected chi connectivity index (χ3v) is 2.89. The first kappa shape index (κ1) is 9.43. The lowest BCUT2D eigenvalue weighted by molar-refractivity contribution is 0.413. The normalized spacial score (nSPS) is 10.1. The molecule has 0 saturated carbocycles. The van der Waals surface area contributed by atoms with Gasteiger partial charge >= 0.3 is 0 Å². The van der Waals surface area contributed by atoms with Gasteiger partial charge in [0.15, 0.2) is 0 Å². The van der Waals surface area contributed by atoms with E-state index in [0.717, 1.165) is 10.6 Å². The molecule has 2 heterocycles. The Kier molecular flexibility index (Phi) is 2.65. The number of thiazole rings is 1. The van der Waals surface area contributed by atoms with Gasteiger partial charge in [0.05, 0.1) is 13.3 Å². The highest BCUT2D eigenvalue weighted by molar-refractivity contribution is 7.13. The summed E-state index contributed by atoms with van der Waals surface area (Å²) in [5, 5.41) is 3.14. The molecule has 2 aromatic heterocycles. The molecule has 0 bridgehead atoms. The molecule has 5 heteroatoms. The SMILES string of the molecule is COc1cncc(-c2nc(Cl)cs2)c1. The molecule has 0 radical (unpaired) electrons. The van der Waals surface area contributed by atoms with Crippen LogP contribution in [0.4, 0.5) is 0 Å². The van der Waals surface area contributed by atoms with Gasteiger partial charge in [-0.2, -0.15) is 0 Å². The van der Waals surface area contributed by atoms with Gasteiger partial charge in [0, 0.05) is 17.1 Å². The average Bonchev–Trinajstić information content (AvgIpc) is 2.65. The van der Waals surface area contributed by atoms with Crippen LogP contribution in [0.2, 0.25) is 5.15 Å². The average molecular weight is 227 g/mol. The number of hydrogen-bond donors (Lipinski definition) is 0. The number of ether oxygens (including phenoxy) is 1. The van der Waals surface area contributed by atoms with Gasteiger partial charge in [0.1, 0.15) is 15.9 Å². The maximum Gasteiger partial charge on any atom is 0.140 e. The molecular formula is C9H7ClN2OS. The van der Waals surface area contributed by atoms with Gasteiger partial charge in [-0.1, -0.05) is 11.6 Å². The molecule has 0 fully saturated rings. The summed E-state index contributed by atoms with van der Waals surface area (Å²) >= 11 is 7.21. The van der Waals surface area contributed by atoms with Crippen LogP contribution in [0, 0.1) is 0 Å². The molecule has 0 atom stereocenters. The van der Waals surface area contributed by atoms with Crippen molar-refractivity contribution < 1.29 is 4.74 Å².